The summed E-state index contributed by atoms with van der Waals surface area (Å²) in [7, 11) is 0. The van der Waals surface area contributed by atoms with Gasteiger partial charge in [0.1, 0.15) is 0 Å². The Morgan fingerprint density at radius 2 is 1.78 bits per heavy atom. The van der Waals surface area contributed by atoms with E-state index in [-0.39, 0.29) is 0 Å². The second-order valence-electron chi connectivity index (χ2n) is 8.15. The molecule has 0 heterocycles. The van der Waals surface area contributed by atoms with Crippen molar-refractivity contribution in [2.75, 3.05) is 6.54 Å². The van der Waals surface area contributed by atoms with Crippen molar-refractivity contribution in [1.29, 1.82) is 0 Å². The highest BCUT2D eigenvalue weighted by atomic mass is 14.9. The summed E-state index contributed by atoms with van der Waals surface area (Å²) in [5.74, 6) is 4.02. The highest BCUT2D eigenvalue weighted by Gasteiger charge is 2.61. The Labute approximate surface area is 112 Å². The molecule has 1 N–H and O–H groups in total. The molecule has 4 bridgehead atoms. The lowest BCUT2D eigenvalue weighted by Crippen LogP contribution is -2.61. The normalized spacial score (nSPS) is 51.1. The van der Waals surface area contributed by atoms with E-state index in [2.05, 4.69) is 32.0 Å². The van der Waals surface area contributed by atoms with Crippen molar-refractivity contribution in [3.8, 4) is 12.3 Å². The van der Waals surface area contributed by atoms with Crippen LogP contribution in [0.2, 0.25) is 0 Å². The number of rotatable bonds is 3. The highest BCUT2D eigenvalue weighted by molar-refractivity contribution is 5.19. The van der Waals surface area contributed by atoms with Crippen molar-refractivity contribution >= 4 is 0 Å². The summed E-state index contributed by atoms with van der Waals surface area (Å²) < 4.78 is 0. The molecule has 0 aliphatic heterocycles. The molecule has 4 rings (SSSR count). The quantitative estimate of drug-likeness (QED) is 0.749. The summed E-state index contributed by atoms with van der Waals surface area (Å²) in [5, 5.41) is 3.59. The Bertz CT molecular complexity index is 373. The molecule has 4 aliphatic rings. The first-order valence-corrected chi connectivity index (χ1v) is 7.62. The van der Waals surface area contributed by atoms with Gasteiger partial charge in [0.2, 0.25) is 0 Å². The summed E-state index contributed by atoms with van der Waals surface area (Å²) in [5.41, 5.74) is 1.53. The second kappa shape index (κ2) is 3.76. The third-order valence-corrected chi connectivity index (χ3v) is 5.86. The Balaban J connectivity index is 1.96. The largest absolute Gasteiger partial charge is 0.304 e. The summed E-state index contributed by atoms with van der Waals surface area (Å²) in [6.45, 7) is 8.21. The van der Waals surface area contributed by atoms with E-state index in [1.165, 1.54) is 38.5 Å². The van der Waals surface area contributed by atoms with Crippen LogP contribution in [-0.2, 0) is 0 Å². The van der Waals surface area contributed by atoms with E-state index < -0.39 is 0 Å². The van der Waals surface area contributed by atoms with Gasteiger partial charge in [-0.25, -0.2) is 0 Å². The number of terminal acetylenes is 1. The molecule has 4 aliphatic carbocycles. The van der Waals surface area contributed by atoms with E-state index in [1.54, 1.807) is 0 Å². The van der Waals surface area contributed by atoms with Crippen LogP contribution in [-0.4, -0.2) is 12.6 Å². The van der Waals surface area contributed by atoms with Gasteiger partial charge in [0.25, 0.3) is 0 Å². The first-order valence-electron chi connectivity index (χ1n) is 7.62. The zero-order chi connectivity index (χ0) is 13.0. The summed E-state index contributed by atoms with van der Waals surface area (Å²) >= 11 is 0. The Hall–Kier alpha value is -0.480. The minimum atomic E-state index is 0.296. The van der Waals surface area contributed by atoms with E-state index in [9.17, 15) is 0 Å². The van der Waals surface area contributed by atoms with Gasteiger partial charge >= 0.3 is 0 Å². The molecule has 1 nitrogen and oxygen atoms in total. The lowest BCUT2D eigenvalue weighted by atomic mass is 9.39. The van der Waals surface area contributed by atoms with Gasteiger partial charge in [-0.2, -0.15) is 0 Å². The lowest BCUT2D eigenvalue weighted by molar-refractivity contribution is -0.151. The molecule has 4 fully saturated rings. The van der Waals surface area contributed by atoms with Crippen LogP contribution in [0.4, 0.5) is 0 Å². The van der Waals surface area contributed by atoms with Gasteiger partial charge in [-0.3, -0.25) is 0 Å². The fourth-order valence-electron chi connectivity index (χ4n) is 6.51. The van der Waals surface area contributed by atoms with Gasteiger partial charge < -0.3 is 5.32 Å². The van der Waals surface area contributed by atoms with Crippen LogP contribution in [0.25, 0.3) is 0 Å². The van der Waals surface area contributed by atoms with Crippen molar-refractivity contribution in [1.82, 2.24) is 5.32 Å². The summed E-state index contributed by atoms with van der Waals surface area (Å²) in [6.07, 6.45) is 14.3. The predicted molar refractivity (Wildman–Crippen MR) is 76.1 cm³/mol. The van der Waals surface area contributed by atoms with Gasteiger partial charge in [-0.15, -0.1) is 6.42 Å². The van der Waals surface area contributed by atoms with E-state index >= 15 is 0 Å². The Morgan fingerprint density at radius 3 is 2.22 bits per heavy atom. The third kappa shape index (κ3) is 1.73. The van der Waals surface area contributed by atoms with Crippen molar-refractivity contribution in [3.63, 3.8) is 0 Å². The van der Waals surface area contributed by atoms with Gasteiger partial charge in [0.05, 0.1) is 6.04 Å². The molecule has 18 heavy (non-hydrogen) atoms. The van der Waals surface area contributed by atoms with E-state index in [1.807, 2.05) is 0 Å². The van der Waals surface area contributed by atoms with E-state index in [4.69, 9.17) is 6.42 Å². The Morgan fingerprint density at radius 1 is 1.17 bits per heavy atom. The molecule has 0 radical (unpaired) electrons. The predicted octanol–water partition coefficient (Wildman–Crippen LogP) is 3.59. The number of hydrogen-bond donors (Lipinski definition) is 1. The average molecular weight is 245 g/mol. The number of nitrogens with one attached hydrogen (secondary N) is 1. The molecule has 3 unspecified atom stereocenters. The van der Waals surface area contributed by atoms with Crippen LogP contribution >= 0.6 is 0 Å². The molecule has 4 saturated carbocycles. The van der Waals surface area contributed by atoms with Crippen molar-refractivity contribution in [2.45, 2.75) is 65.3 Å². The standard InChI is InChI=1S/C17H27N/c1-5-14(18-6-2)17-9-13-7-15(3,11-17)10-16(4,8-13)12-17/h1,13-14,18H,6-12H2,2-4H3. The highest BCUT2D eigenvalue weighted by Crippen LogP contribution is 2.70. The van der Waals surface area contributed by atoms with Gasteiger partial charge in [-0.05, 0) is 67.2 Å². The van der Waals surface area contributed by atoms with Crippen LogP contribution < -0.4 is 5.32 Å². The zero-order valence-corrected chi connectivity index (χ0v) is 12.2. The maximum atomic E-state index is 5.85. The van der Waals surface area contributed by atoms with Gasteiger partial charge in [-0.1, -0.05) is 26.7 Å². The van der Waals surface area contributed by atoms with E-state index in [0.29, 0.717) is 22.3 Å². The molecule has 0 aromatic carbocycles. The second-order valence-corrected chi connectivity index (χ2v) is 8.15. The van der Waals surface area contributed by atoms with Crippen LogP contribution in [0, 0.1) is 34.5 Å². The first kappa shape index (κ1) is 12.5. The molecular weight excluding hydrogens is 218 g/mol. The SMILES string of the molecule is C#CC(NCC)C12CC3CC(C)(CC(C)(C3)C1)C2. The molecule has 0 aromatic heterocycles. The number of hydrogen-bond acceptors (Lipinski definition) is 1. The Kier molecular flexibility index (Phi) is 2.62. The molecule has 100 valence electrons. The molecule has 1 heteroatoms. The van der Waals surface area contributed by atoms with Crippen LogP contribution in [0.1, 0.15) is 59.3 Å². The first-order chi connectivity index (χ1) is 8.43. The molecule has 0 spiro atoms. The molecule has 0 saturated heterocycles. The fourth-order valence-corrected chi connectivity index (χ4v) is 6.51. The van der Waals surface area contributed by atoms with Crippen molar-refractivity contribution < 1.29 is 0 Å². The maximum absolute atomic E-state index is 5.85. The van der Waals surface area contributed by atoms with Crippen molar-refractivity contribution in [2.24, 2.45) is 22.2 Å². The molecule has 3 atom stereocenters. The molecule has 0 aromatic rings. The minimum Gasteiger partial charge on any atom is -0.304 e. The van der Waals surface area contributed by atoms with Crippen LogP contribution in [0.5, 0.6) is 0 Å². The molecule has 0 amide bonds. The topological polar surface area (TPSA) is 12.0 Å². The average Bonchev–Trinajstić information content (AvgIpc) is 2.20. The fraction of sp³-hybridized carbons (Fsp3) is 0.882. The summed E-state index contributed by atoms with van der Waals surface area (Å²) in [4.78, 5) is 0. The van der Waals surface area contributed by atoms with Crippen molar-refractivity contribution in [3.05, 3.63) is 0 Å². The van der Waals surface area contributed by atoms with E-state index in [0.717, 1.165) is 12.5 Å². The van der Waals surface area contributed by atoms with Crippen LogP contribution in [0.15, 0.2) is 0 Å². The maximum Gasteiger partial charge on any atom is 0.0744 e. The smallest absolute Gasteiger partial charge is 0.0744 e. The third-order valence-electron chi connectivity index (χ3n) is 5.86. The van der Waals surface area contributed by atoms with Gasteiger partial charge in [0.15, 0.2) is 0 Å². The van der Waals surface area contributed by atoms with Gasteiger partial charge in [0, 0.05) is 0 Å². The lowest BCUT2D eigenvalue weighted by Gasteiger charge is -2.66. The zero-order valence-electron chi connectivity index (χ0n) is 12.2. The van der Waals surface area contributed by atoms with Crippen LogP contribution in [0.3, 0.4) is 0 Å². The minimum absolute atomic E-state index is 0.296. The summed E-state index contributed by atoms with van der Waals surface area (Å²) in [6, 6.07) is 0.296. The monoisotopic (exact) mass is 245 g/mol. The molecular formula is C17H27N.